The molecule has 0 amide bonds. The normalized spacial score (nSPS) is 54.9. The first-order chi connectivity index (χ1) is 6.86. The highest BCUT2D eigenvalue weighted by Gasteiger charge is 2.82. The topological polar surface area (TPSA) is 0 Å². The summed E-state index contributed by atoms with van der Waals surface area (Å²) < 4.78 is 0. The minimum atomic E-state index is 0.396. The molecule has 3 saturated carbocycles. The smallest absolute Gasteiger partial charge is 0.0187 e. The zero-order valence-corrected chi connectivity index (χ0v) is 12.8. The van der Waals surface area contributed by atoms with E-state index in [9.17, 15) is 0 Å². The number of hydrogen-bond donors (Lipinski definition) is 0. The van der Waals surface area contributed by atoms with E-state index in [0.29, 0.717) is 27.1 Å². The van der Waals surface area contributed by atoms with Gasteiger partial charge in [0.05, 0.1) is 0 Å². The summed E-state index contributed by atoms with van der Waals surface area (Å²) in [7, 11) is 0. The van der Waals surface area contributed by atoms with Crippen LogP contribution in [-0.4, -0.2) is 0 Å². The van der Waals surface area contributed by atoms with Crippen LogP contribution >= 0.6 is 0 Å². The van der Waals surface area contributed by atoms with Crippen molar-refractivity contribution in [3.63, 3.8) is 0 Å². The fraction of sp³-hybridized carbons (Fsp3) is 1.00. The largest absolute Gasteiger partial charge is 0.0614 e. The van der Waals surface area contributed by atoms with Crippen molar-refractivity contribution in [2.75, 3.05) is 0 Å². The van der Waals surface area contributed by atoms with E-state index in [0.717, 1.165) is 5.92 Å². The van der Waals surface area contributed by atoms with Gasteiger partial charge in [0.2, 0.25) is 0 Å². The van der Waals surface area contributed by atoms with Crippen molar-refractivity contribution < 1.29 is 0 Å². The van der Waals surface area contributed by atoms with Crippen LogP contribution in [0.25, 0.3) is 0 Å². The Bertz CT molecular complexity index is 330. The maximum Gasteiger partial charge on any atom is -0.0187 e. The van der Waals surface area contributed by atoms with E-state index in [1.807, 2.05) is 0 Å². The van der Waals surface area contributed by atoms with Crippen LogP contribution in [0.1, 0.15) is 68.7 Å². The third-order valence-electron chi connectivity index (χ3n) is 8.05. The molecule has 3 aliphatic rings. The minimum Gasteiger partial charge on any atom is -0.0614 e. The Hall–Kier alpha value is 0. The summed E-state index contributed by atoms with van der Waals surface area (Å²) in [6, 6.07) is 0. The summed E-state index contributed by atoms with van der Waals surface area (Å²) in [5.41, 5.74) is 2.39. The van der Waals surface area contributed by atoms with Crippen molar-refractivity contribution in [1.29, 1.82) is 0 Å². The van der Waals surface area contributed by atoms with Gasteiger partial charge < -0.3 is 0 Å². The summed E-state index contributed by atoms with van der Waals surface area (Å²) in [6.07, 6.45) is 1.42. The first kappa shape index (κ1) is 12.5. The Morgan fingerprint density at radius 2 is 1.38 bits per heavy atom. The highest BCUT2D eigenvalue weighted by Crippen LogP contribution is 2.88. The molecule has 0 saturated heterocycles. The van der Waals surface area contributed by atoms with E-state index in [4.69, 9.17) is 0 Å². The Morgan fingerprint density at radius 3 is 1.50 bits per heavy atom. The van der Waals surface area contributed by atoms with Crippen molar-refractivity contribution in [2.24, 2.45) is 33.0 Å². The molecule has 0 aromatic heterocycles. The monoisotopic (exact) mass is 222 g/mol. The van der Waals surface area contributed by atoms with Gasteiger partial charge in [-0.05, 0) is 39.4 Å². The van der Waals surface area contributed by atoms with Crippen molar-refractivity contribution in [3.8, 4) is 0 Å². The van der Waals surface area contributed by atoms with Gasteiger partial charge >= 0.3 is 0 Å². The first-order valence-electron chi connectivity index (χ1n) is 6.86. The predicted molar refractivity (Wildman–Crippen MR) is 71.3 cm³/mol. The molecule has 0 nitrogen and oxygen atoms in total. The molecule has 4 atom stereocenters. The van der Waals surface area contributed by atoms with Crippen LogP contribution in [0.5, 0.6) is 0 Å². The average Bonchev–Trinajstić information content (AvgIpc) is 2.32. The van der Waals surface area contributed by atoms with Gasteiger partial charge in [0.15, 0.2) is 0 Å². The van der Waals surface area contributed by atoms with Gasteiger partial charge in [-0.15, -0.1) is 0 Å². The summed E-state index contributed by atoms with van der Waals surface area (Å²) in [5, 5.41) is 0. The maximum absolute atomic E-state index is 2.55. The van der Waals surface area contributed by atoms with Crippen LogP contribution in [0.15, 0.2) is 0 Å². The predicted octanol–water partition coefficient (Wildman–Crippen LogP) is 5.13. The quantitative estimate of drug-likeness (QED) is 0.533. The third-order valence-corrected chi connectivity index (χ3v) is 8.05. The molecule has 16 heavy (non-hydrogen) atoms. The lowest BCUT2D eigenvalue weighted by molar-refractivity contribution is -0.160. The van der Waals surface area contributed by atoms with Crippen LogP contribution in [0.4, 0.5) is 0 Å². The lowest BCUT2D eigenvalue weighted by Gasteiger charge is -2.64. The molecule has 0 heteroatoms. The van der Waals surface area contributed by atoms with Crippen LogP contribution in [0.2, 0.25) is 0 Å². The van der Waals surface area contributed by atoms with E-state index in [2.05, 4.69) is 62.3 Å². The lowest BCUT2D eigenvalue weighted by atomic mass is 9.40. The Labute approximate surface area is 102 Å². The molecule has 3 rings (SSSR count). The number of fused-ring (bicyclic) bond motifs is 1. The molecule has 0 spiro atoms. The van der Waals surface area contributed by atoms with Gasteiger partial charge in [-0.1, -0.05) is 62.3 Å². The zero-order chi connectivity index (χ0) is 12.8. The van der Waals surface area contributed by atoms with Crippen LogP contribution in [-0.2, 0) is 0 Å². The summed E-state index contributed by atoms with van der Waals surface area (Å²) in [6.45, 7) is 22.5. The first-order valence-corrected chi connectivity index (χ1v) is 6.86. The lowest BCUT2D eigenvalue weighted by Crippen LogP contribution is -2.57. The molecule has 94 valence electrons. The molecular weight excluding hydrogens is 192 g/mol. The Balaban J connectivity index is 2.62. The highest BCUT2D eigenvalue weighted by atomic mass is 14.9. The van der Waals surface area contributed by atoms with Gasteiger partial charge in [0, 0.05) is 0 Å². The minimum absolute atomic E-state index is 0.396. The third kappa shape index (κ3) is 0.811. The molecule has 0 radical (unpaired) electrons. The van der Waals surface area contributed by atoms with E-state index >= 15 is 0 Å². The van der Waals surface area contributed by atoms with Crippen LogP contribution in [0, 0.1) is 33.0 Å². The van der Waals surface area contributed by atoms with Crippen molar-refractivity contribution in [3.05, 3.63) is 0 Å². The van der Waals surface area contributed by atoms with E-state index < -0.39 is 0 Å². The summed E-state index contributed by atoms with van der Waals surface area (Å²) >= 11 is 0. The van der Waals surface area contributed by atoms with Gasteiger partial charge in [-0.25, -0.2) is 0 Å². The molecule has 2 bridgehead atoms. The van der Waals surface area contributed by atoms with Gasteiger partial charge in [0.1, 0.15) is 0 Å². The van der Waals surface area contributed by atoms with Crippen molar-refractivity contribution in [2.45, 2.75) is 68.7 Å². The van der Waals surface area contributed by atoms with Crippen LogP contribution in [0.3, 0.4) is 0 Å². The fourth-order valence-electron chi connectivity index (χ4n) is 5.82. The van der Waals surface area contributed by atoms with Crippen molar-refractivity contribution in [1.82, 2.24) is 0 Å². The molecule has 0 aromatic carbocycles. The molecular formula is C16H30. The summed E-state index contributed by atoms with van der Waals surface area (Å²) in [4.78, 5) is 0. The van der Waals surface area contributed by atoms with E-state index in [1.165, 1.54) is 6.42 Å². The van der Waals surface area contributed by atoms with Gasteiger partial charge in [0.25, 0.3) is 0 Å². The highest BCUT2D eigenvalue weighted by molar-refractivity contribution is 5.30. The van der Waals surface area contributed by atoms with E-state index in [-0.39, 0.29) is 0 Å². The molecule has 0 aliphatic heterocycles. The second-order valence-corrected chi connectivity index (χ2v) is 8.73. The second-order valence-electron chi connectivity index (χ2n) is 8.73. The molecule has 0 aromatic rings. The molecule has 0 heterocycles. The van der Waals surface area contributed by atoms with Gasteiger partial charge in [-0.2, -0.15) is 0 Å². The Kier molecular flexibility index (Phi) is 1.98. The second kappa shape index (κ2) is 2.54. The molecule has 4 unspecified atom stereocenters. The molecule has 3 aliphatic carbocycles. The zero-order valence-electron chi connectivity index (χ0n) is 12.8. The fourth-order valence-corrected chi connectivity index (χ4v) is 5.82. The van der Waals surface area contributed by atoms with Crippen LogP contribution < -0.4 is 0 Å². The molecule has 0 N–H and O–H groups in total. The standard InChI is InChI=1S/C16H30/c1-11-14(7)10-15(8,13(14,5)6)16(11,9)12(2,3)4/h11H,10H2,1-9H3. The number of hydrogen-bond acceptors (Lipinski definition) is 0. The van der Waals surface area contributed by atoms with Gasteiger partial charge in [-0.3, -0.25) is 0 Å². The molecule has 3 fully saturated rings. The van der Waals surface area contributed by atoms with Crippen molar-refractivity contribution >= 4 is 0 Å². The van der Waals surface area contributed by atoms with E-state index in [1.54, 1.807) is 0 Å². The maximum atomic E-state index is 2.55. The SMILES string of the molecule is CC1C2(C)CC(C)(C2(C)C)C1(C)C(C)(C)C. The number of rotatable bonds is 0. The summed E-state index contributed by atoms with van der Waals surface area (Å²) in [5.74, 6) is 0.819. The average molecular weight is 222 g/mol. The Morgan fingerprint density at radius 1 is 0.938 bits per heavy atom.